The molecule has 12 heteroatoms. The molecule has 4 aromatic rings. The van der Waals surface area contributed by atoms with Crippen molar-refractivity contribution in [1.29, 1.82) is 0 Å². The summed E-state index contributed by atoms with van der Waals surface area (Å²) in [5.41, 5.74) is 4.28. The second-order valence-corrected chi connectivity index (χ2v) is 15.1. The van der Waals surface area contributed by atoms with E-state index in [-0.39, 0.29) is 28.7 Å². The van der Waals surface area contributed by atoms with Gasteiger partial charge in [0.25, 0.3) is 15.9 Å². The lowest BCUT2D eigenvalue weighted by molar-refractivity contribution is -0.135. The van der Waals surface area contributed by atoms with Gasteiger partial charge in [-0.1, -0.05) is 49.2 Å². The topological polar surface area (TPSA) is 127 Å². The second-order valence-electron chi connectivity index (χ2n) is 13.5. The summed E-state index contributed by atoms with van der Waals surface area (Å²) < 4.78 is 41.4. The zero-order chi connectivity index (χ0) is 36.1. The Kier molecular flexibility index (Phi) is 11.1. The Morgan fingerprint density at radius 1 is 0.980 bits per heavy atom. The average molecular weight is 715 g/mol. The van der Waals surface area contributed by atoms with Crippen LogP contribution in [0.3, 0.4) is 0 Å². The fourth-order valence-corrected chi connectivity index (χ4v) is 8.38. The van der Waals surface area contributed by atoms with E-state index in [1.807, 2.05) is 41.2 Å². The standard InChI is InChI=1S/C39H46N4O7S/c1-27-8-4-7-11-36(27)51(47,48)40-39(46)29-13-14-31(35(24-29)49-3)26-43-25-30(15-17-37(44)42-18-20-50-21-19-42)33-16-12-28(22-34(33)43)23-38(45)41(2)32-9-5-6-10-32/h4,7-8,11-14,16,22,24-25,32H,5-6,9-10,15,17-21,23,26H2,1-3H3,(H,40,46). The van der Waals surface area contributed by atoms with Crippen LogP contribution in [-0.2, 0) is 43.7 Å². The second kappa shape index (κ2) is 15.7. The van der Waals surface area contributed by atoms with E-state index >= 15 is 0 Å². The highest BCUT2D eigenvalue weighted by Gasteiger charge is 2.25. The number of hydrogen-bond acceptors (Lipinski definition) is 7. The first-order valence-electron chi connectivity index (χ1n) is 17.6. The molecule has 0 radical (unpaired) electrons. The summed E-state index contributed by atoms with van der Waals surface area (Å²) in [6.45, 7) is 4.34. The number of sulfonamides is 1. The summed E-state index contributed by atoms with van der Waals surface area (Å²) in [4.78, 5) is 43.2. The summed E-state index contributed by atoms with van der Waals surface area (Å²) in [7, 11) is -0.679. The molecule has 6 rings (SSSR count). The van der Waals surface area contributed by atoms with Gasteiger partial charge in [-0.15, -0.1) is 0 Å². The summed E-state index contributed by atoms with van der Waals surface area (Å²) in [6.07, 6.45) is 7.64. The van der Waals surface area contributed by atoms with Crippen molar-refractivity contribution in [2.45, 2.75) is 69.4 Å². The predicted octanol–water partition coefficient (Wildman–Crippen LogP) is 4.86. The average Bonchev–Trinajstić information content (AvgIpc) is 3.79. The highest BCUT2D eigenvalue weighted by Crippen LogP contribution is 2.29. The lowest BCUT2D eigenvalue weighted by Gasteiger charge is -2.26. The van der Waals surface area contributed by atoms with Crippen molar-refractivity contribution in [2.75, 3.05) is 40.5 Å². The number of amides is 3. The van der Waals surface area contributed by atoms with E-state index in [1.165, 1.54) is 19.2 Å². The van der Waals surface area contributed by atoms with Crippen LogP contribution in [0.1, 0.15) is 64.7 Å². The molecule has 1 saturated heterocycles. The van der Waals surface area contributed by atoms with E-state index in [0.29, 0.717) is 63.0 Å². The van der Waals surface area contributed by atoms with Crippen LogP contribution in [0.15, 0.2) is 71.8 Å². The first-order valence-corrected chi connectivity index (χ1v) is 19.0. The molecule has 2 fully saturated rings. The Hall–Kier alpha value is -4.68. The van der Waals surface area contributed by atoms with Crippen LogP contribution in [0.5, 0.6) is 5.75 Å². The third-order valence-corrected chi connectivity index (χ3v) is 11.6. The molecule has 270 valence electrons. The Balaban J connectivity index is 1.26. The number of fused-ring (bicyclic) bond motifs is 1. The van der Waals surface area contributed by atoms with Crippen LogP contribution in [0.2, 0.25) is 0 Å². The minimum Gasteiger partial charge on any atom is -0.496 e. The van der Waals surface area contributed by atoms with Crippen molar-refractivity contribution in [1.82, 2.24) is 19.1 Å². The molecule has 1 aliphatic carbocycles. The van der Waals surface area contributed by atoms with Gasteiger partial charge in [0, 0.05) is 60.8 Å². The third-order valence-electron chi connectivity index (χ3n) is 10.1. The van der Waals surface area contributed by atoms with Crippen LogP contribution in [-0.4, -0.2) is 87.0 Å². The molecular formula is C39H46N4O7S. The molecular weight excluding hydrogens is 669 g/mol. The number of hydrogen-bond donors (Lipinski definition) is 1. The number of carbonyl (C=O) groups is 3. The van der Waals surface area contributed by atoms with Gasteiger partial charge in [-0.2, -0.15) is 0 Å². The van der Waals surface area contributed by atoms with Crippen LogP contribution >= 0.6 is 0 Å². The summed E-state index contributed by atoms with van der Waals surface area (Å²) in [5.74, 6) is -0.156. The number of ether oxygens (including phenoxy) is 2. The molecule has 11 nitrogen and oxygen atoms in total. The lowest BCUT2D eigenvalue weighted by Crippen LogP contribution is -2.40. The number of nitrogens with one attached hydrogen (secondary N) is 1. The van der Waals surface area contributed by atoms with Crippen LogP contribution in [0.4, 0.5) is 0 Å². The quantitative estimate of drug-likeness (QED) is 0.222. The maximum atomic E-state index is 13.3. The number of methoxy groups -OCH3 is 1. The summed E-state index contributed by atoms with van der Waals surface area (Å²) in [6, 6.07) is 17.7. The van der Waals surface area contributed by atoms with Crippen molar-refractivity contribution < 1.29 is 32.3 Å². The van der Waals surface area contributed by atoms with Gasteiger partial charge >= 0.3 is 0 Å². The first-order chi connectivity index (χ1) is 24.5. The highest BCUT2D eigenvalue weighted by atomic mass is 32.2. The van der Waals surface area contributed by atoms with Crippen molar-refractivity contribution in [3.63, 3.8) is 0 Å². The van der Waals surface area contributed by atoms with Gasteiger partial charge in [-0.3, -0.25) is 14.4 Å². The Labute approximate surface area is 299 Å². The molecule has 1 aromatic heterocycles. The fourth-order valence-electron chi connectivity index (χ4n) is 7.15. The maximum Gasteiger partial charge on any atom is 0.265 e. The number of morpholine rings is 1. The van der Waals surface area contributed by atoms with Crippen molar-refractivity contribution >= 4 is 38.6 Å². The van der Waals surface area contributed by atoms with E-state index in [1.54, 1.807) is 37.3 Å². The number of likely N-dealkylation sites (N-methyl/N-ethyl adjacent to an activating group) is 1. The van der Waals surface area contributed by atoms with Crippen LogP contribution in [0, 0.1) is 6.92 Å². The maximum absolute atomic E-state index is 13.3. The van der Waals surface area contributed by atoms with Crippen molar-refractivity contribution in [3.05, 3.63) is 94.7 Å². The van der Waals surface area contributed by atoms with Crippen LogP contribution in [0.25, 0.3) is 10.9 Å². The first kappa shape index (κ1) is 36.1. The number of benzene rings is 3. The van der Waals surface area contributed by atoms with E-state index < -0.39 is 15.9 Å². The number of nitrogens with zero attached hydrogens (tertiary/aromatic N) is 3. The fraction of sp³-hybridized carbons (Fsp3) is 0.410. The molecule has 3 amide bonds. The third kappa shape index (κ3) is 8.28. The van der Waals surface area contributed by atoms with Gasteiger partial charge in [-0.25, -0.2) is 13.1 Å². The van der Waals surface area contributed by atoms with Gasteiger partial charge in [0.2, 0.25) is 11.8 Å². The normalized spacial score (nSPS) is 15.2. The van der Waals surface area contributed by atoms with Gasteiger partial charge in [0.15, 0.2) is 0 Å². The smallest absolute Gasteiger partial charge is 0.265 e. The number of carbonyl (C=O) groups excluding carboxylic acids is 3. The van der Waals surface area contributed by atoms with Gasteiger partial charge in [0.1, 0.15) is 5.75 Å². The van der Waals surface area contributed by atoms with Gasteiger partial charge in [-0.05, 0) is 67.1 Å². The minimum absolute atomic E-state index is 0.0371. The van der Waals surface area contributed by atoms with Gasteiger partial charge < -0.3 is 23.8 Å². The molecule has 0 atom stereocenters. The van der Waals surface area contributed by atoms with E-state index in [2.05, 4.69) is 9.29 Å². The van der Waals surface area contributed by atoms with Crippen molar-refractivity contribution in [3.8, 4) is 5.75 Å². The van der Waals surface area contributed by atoms with E-state index in [4.69, 9.17) is 9.47 Å². The SMILES string of the molecule is COc1cc(C(=O)NS(=O)(=O)c2ccccc2C)ccc1Cn1cc(CCC(=O)N2CCOCC2)c2ccc(CC(=O)N(C)C3CCCC3)cc21. The van der Waals surface area contributed by atoms with E-state index in [9.17, 15) is 22.8 Å². The largest absolute Gasteiger partial charge is 0.496 e. The molecule has 0 spiro atoms. The summed E-state index contributed by atoms with van der Waals surface area (Å²) in [5, 5.41) is 1.00. The Morgan fingerprint density at radius 2 is 1.73 bits per heavy atom. The molecule has 0 bridgehead atoms. The lowest BCUT2D eigenvalue weighted by atomic mass is 10.0. The minimum atomic E-state index is -4.09. The predicted molar refractivity (Wildman–Crippen MR) is 194 cm³/mol. The Morgan fingerprint density at radius 3 is 2.45 bits per heavy atom. The molecule has 2 heterocycles. The monoisotopic (exact) mass is 714 g/mol. The molecule has 1 N–H and O–H groups in total. The number of rotatable bonds is 12. The zero-order valence-electron chi connectivity index (χ0n) is 29.5. The number of aromatic nitrogens is 1. The van der Waals surface area contributed by atoms with Crippen LogP contribution < -0.4 is 9.46 Å². The number of aryl methyl sites for hydroxylation is 2. The molecule has 0 unspecified atom stereocenters. The summed E-state index contributed by atoms with van der Waals surface area (Å²) >= 11 is 0. The van der Waals surface area contributed by atoms with Crippen molar-refractivity contribution in [2.24, 2.45) is 0 Å². The molecule has 2 aliphatic rings. The Bertz CT molecular complexity index is 2030. The zero-order valence-corrected chi connectivity index (χ0v) is 30.3. The molecule has 1 aliphatic heterocycles. The van der Waals surface area contributed by atoms with E-state index in [0.717, 1.165) is 53.3 Å². The van der Waals surface area contributed by atoms with Gasteiger partial charge in [0.05, 0.1) is 38.2 Å². The molecule has 1 saturated carbocycles. The molecule has 3 aromatic carbocycles. The molecule has 51 heavy (non-hydrogen) atoms. The highest BCUT2D eigenvalue weighted by molar-refractivity contribution is 7.90.